The van der Waals surface area contributed by atoms with Gasteiger partial charge in [-0.05, 0) is 40.3 Å². The zero-order valence-corrected chi connectivity index (χ0v) is 15.0. The molecule has 1 atom stereocenters. The molecule has 0 saturated heterocycles. The fraction of sp³-hybridized carbons (Fsp3) is 0.294. The molecule has 0 heterocycles. The molecule has 0 spiro atoms. The van der Waals surface area contributed by atoms with Crippen molar-refractivity contribution in [2.75, 3.05) is 0 Å². The second-order valence-corrected chi connectivity index (χ2v) is 7.94. The Labute approximate surface area is 159 Å². The van der Waals surface area contributed by atoms with Gasteiger partial charge in [0.15, 0.2) is 5.92 Å². The summed E-state index contributed by atoms with van der Waals surface area (Å²) in [5, 5.41) is 8.61. The summed E-state index contributed by atoms with van der Waals surface area (Å²) in [4.78, 5) is -1.42. The van der Waals surface area contributed by atoms with E-state index in [2.05, 4.69) is 0 Å². The van der Waals surface area contributed by atoms with E-state index in [1.165, 1.54) is 6.92 Å². The maximum atomic E-state index is 14.4. The Bertz CT molecular complexity index is 1130. The molecule has 2 N–H and O–H groups in total. The van der Waals surface area contributed by atoms with Gasteiger partial charge in [-0.2, -0.15) is 34.8 Å². The summed E-state index contributed by atoms with van der Waals surface area (Å²) in [6.45, 7) is 1.34. The number of alkyl halides is 6. The molecule has 4 nitrogen and oxygen atoms in total. The number of rotatable bonds is 2. The summed E-state index contributed by atoms with van der Waals surface area (Å²) in [7, 11) is -5.41. The first kappa shape index (κ1) is 21.4. The molecule has 1 aliphatic rings. The van der Waals surface area contributed by atoms with E-state index in [-0.39, 0.29) is 11.6 Å². The van der Waals surface area contributed by atoms with Crippen LogP contribution in [0.2, 0.25) is 0 Å². The fourth-order valence-electron chi connectivity index (χ4n) is 3.49. The molecule has 2 aromatic rings. The highest BCUT2D eigenvalue weighted by Crippen LogP contribution is 2.51. The van der Waals surface area contributed by atoms with Crippen LogP contribution in [0.15, 0.2) is 28.9 Å². The minimum Gasteiger partial charge on any atom is -0.512 e. The highest BCUT2D eigenvalue weighted by molar-refractivity contribution is 7.86. The normalized spacial score (nSPS) is 17.7. The third kappa shape index (κ3) is 3.44. The summed E-state index contributed by atoms with van der Waals surface area (Å²) < 4.78 is 127. The van der Waals surface area contributed by atoms with Gasteiger partial charge in [-0.25, -0.2) is 4.39 Å². The quantitative estimate of drug-likeness (QED) is 0.477. The summed E-state index contributed by atoms with van der Waals surface area (Å²) in [5.41, 5.74) is -2.49. The average Bonchev–Trinajstić information content (AvgIpc) is 2.51. The average molecular weight is 444 g/mol. The van der Waals surface area contributed by atoms with Gasteiger partial charge < -0.3 is 5.11 Å². The summed E-state index contributed by atoms with van der Waals surface area (Å²) in [6, 6.07) is 1.71. The first-order chi connectivity index (χ1) is 13.0. The van der Waals surface area contributed by atoms with Gasteiger partial charge in [-0.15, -0.1) is 0 Å². The zero-order valence-electron chi connectivity index (χ0n) is 14.2. The van der Waals surface area contributed by atoms with Gasteiger partial charge in [0.2, 0.25) is 0 Å². The smallest absolute Gasteiger partial charge is 0.404 e. The van der Waals surface area contributed by atoms with Crippen LogP contribution in [-0.2, 0) is 10.1 Å². The van der Waals surface area contributed by atoms with Crippen molar-refractivity contribution in [3.63, 3.8) is 0 Å². The highest BCUT2D eigenvalue weighted by atomic mass is 32.2. The topological polar surface area (TPSA) is 74.6 Å². The van der Waals surface area contributed by atoms with Crippen LogP contribution in [0.4, 0.5) is 30.7 Å². The van der Waals surface area contributed by atoms with Crippen molar-refractivity contribution < 1.29 is 48.8 Å². The second kappa shape index (κ2) is 6.33. The Morgan fingerprint density at radius 3 is 2.07 bits per heavy atom. The molecule has 0 fully saturated rings. The van der Waals surface area contributed by atoms with Crippen LogP contribution >= 0.6 is 0 Å². The van der Waals surface area contributed by atoms with Crippen LogP contribution in [0, 0.1) is 5.82 Å². The van der Waals surface area contributed by atoms with Crippen molar-refractivity contribution >= 4 is 27.0 Å². The van der Waals surface area contributed by atoms with E-state index < -0.39 is 72.7 Å². The van der Waals surface area contributed by atoms with Gasteiger partial charge in [-0.1, -0.05) is 13.0 Å². The first-order valence-corrected chi connectivity index (χ1v) is 9.29. The standard InChI is InChI=1S/C17H11F7O4S/c1-6-7-2-3-10(18)14-12(29(26,27)28)5-9(8(13(7)14)4-11(6)25)15(16(19,20)21)17(22,23)24/h2-6,15,25H,1H3,(H,26,27,28). The predicted molar refractivity (Wildman–Crippen MR) is 87.6 cm³/mol. The Hall–Kier alpha value is -2.34. The number of aliphatic hydroxyl groups is 1. The Morgan fingerprint density at radius 1 is 1.03 bits per heavy atom. The van der Waals surface area contributed by atoms with Crippen LogP contribution in [0.1, 0.15) is 35.4 Å². The van der Waals surface area contributed by atoms with Gasteiger partial charge in [-0.3, -0.25) is 4.55 Å². The molecule has 0 saturated carbocycles. The number of halogens is 7. The van der Waals surface area contributed by atoms with Crippen LogP contribution in [-0.4, -0.2) is 30.4 Å². The maximum Gasteiger partial charge on any atom is 0.404 e. The van der Waals surface area contributed by atoms with Gasteiger partial charge in [0, 0.05) is 11.3 Å². The third-order valence-electron chi connectivity index (χ3n) is 4.75. The Balaban J connectivity index is 2.63. The number of allylic oxidation sites excluding steroid dienone is 1. The zero-order chi connectivity index (χ0) is 22.1. The minimum absolute atomic E-state index is 0.0503. The maximum absolute atomic E-state index is 14.4. The van der Waals surface area contributed by atoms with E-state index in [9.17, 15) is 48.8 Å². The Kier molecular flexibility index (Phi) is 4.66. The molecule has 2 aromatic carbocycles. The lowest BCUT2D eigenvalue weighted by Crippen LogP contribution is -2.35. The van der Waals surface area contributed by atoms with Crippen molar-refractivity contribution in [3.8, 4) is 0 Å². The summed E-state index contributed by atoms with van der Waals surface area (Å²) in [6.07, 6.45) is -11.2. The minimum atomic E-state index is -5.89. The number of aliphatic hydroxyl groups excluding tert-OH is 1. The lowest BCUT2D eigenvalue weighted by Gasteiger charge is -2.29. The number of hydrogen-bond donors (Lipinski definition) is 2. The molecule has 0 amide bonds. The lowest BCUT2D eigenvalue weighted by molar-refractivity contribution is -0.253. The highest BCUT2D eigenvalue weighted by Gasteiger charge is 2.58. The fourth-order valence-corrected chi connectivity index (χ4v) is 4.22. The van der Waals surface area contributed by atoms with Crippen molar-refractivity contribution in [1.29, 1.82) is 0 Å². The van der Waals surface area contributed by atoms with Crippen LogP contribution in [0.25, 0.3) is 16.8 Å². The van der Waals surface area contributed by atoms with Crippen LogP contribution in [0.5, 0.6) is 0 Å². The van der Waals surface area contributed by atoms with E-state index in [0.717, 1.165) is 12.1 Å². The van der Waals surface area contributed by atoms with Crippen molar-refractivity contribution in [1.82, 2.24) is 0 Å². The SMILES string of the molecule is CC1C(O)=Cc2c(C(C(F)(F)F)C(F)(F)F)cc(S(=O)(=O)O)c3c(F)ccc1c23. The van der Waals surface area contributed by atoms with E-state index in [4.69, 9.17) is 0 Å². The van der Waals surface area contributed by atoms with Gasteiger partial charge in [0.05, 0.1) is 0 Å². The van der Waals surface area contributed by atoms with Crippen molar-refractivity contribution in [3.05, 3.63) is 46.5 Å². The molecule has 0 aliphatic heterocycles. The largest absolute Gasteiger partial charge is 0.512 e. The molecule has 12 heteroatoms. The third-order valence-corrected chi connectivity index (χ3v) is 5.62. The van der Waals surface area contributed by atoms with E-state index >= 15 is 0 Å². The van der Waals surface area contributed by atoms with Gasteiger partial charge in [0.1, 0.15) is 16.5 Å². The van der Waals surface area contributed by atoms with Crippen LogP contribution in [0.3, 0.4) is 0 Å². The second-order valence-electron chi connectivity index (χ2n) is 6.55. The van der Waals surface area contributed by atoms with Crippen molar-refractivity contribution in [2.24, 2.45) is 0 Å². The molecule has 158 valence electrons. The molecule has 3 rings (SSSR count). The number of hydrogen-bond acceptors (Lipinski definition) is 3. The lowest BCUT2D eigenvalue weighted by atomic mass is 9.80. The van der Waals surface area contributed by atoms with Gasteiger partial charge in [0.25, 0.3) is 10.1 Å². The van der Waals surface area contributed by atoms with Gasteiger partial charge >= 0.3 is 12.4 Å². The predicted octanol–water partition coefficient (Wildman–Crippen LogP) is 5.45. The summed E-state index contributed by atoms with van der Waals surface area (Å²) in [5.74, 6) is -6.97. The first-order valence-electron chi connectivity index (χ1n) is 7.85. The molecule has 1 aliphatic carbocycles. The Morgan fingerprint density at radius 2 is 1.59 bits per heavy atom. The molecule has 0 bridgehead atoms. The van der Waals surface area contributed by atoms with E-state index in [1.807, 2.05) is 0 Å². The monoisotopic (exact) mass is 444 g/mol. The molecule has 0 aromatic heterocycles. The molecule has 29 heavy (non-hydrogen) atoms. The summed E-state index contributed by atoms with van der Waals surface area (Å²) >= 11 is 0. The van der Waals surface area contributed by atoms with E-state index in [0.29, 0.717) is 6.08 Å². The molecular formula is C17H11F7O4S. The molecule has 0 radical (unpaired) electrons. The molecular weight excluding hydrogens is 433 g/mol. The molecule has 1 unspecified atom stereocenters. The van der Waals surface area contributed by atoms with Crippen LogP contribution < -0.4 is 0 Å². The van der Waals surface area contributed by atoms with E-state index in [1.54, 1.807) is 0 Å². The number of benzene rings is 2. The van der Waals surface area contributed by atoms with Crippen molar-refractivity contribution in [2.45, 2.75) is 36.0 Å².